The first-order chi connectivity index (χ1) is 9.12. The van der Waals surface area contributed by atoms with Crippen LogP contribution in [0.25, 0.3) is 0 Å². The number of anilines is 1. The van der Waals surface area contributed by atoms with Crippen LogP contribution in [0.2, 0.25) is 0 Å². The molecule has 1 atom stereocenters. The molecular weight excluding hydrogens is 240 g/mol. The van der Waals surface area contributed by atoms with Gasteiger partial charge in [-0.1, -0.05) is 6.92 Å². The van der Waals surface area contributed by atoms with Gasteiger partial charge < -0.3 is 15.4 Å². The zero-order valence-electron chi connectivity index (χ0n) is 12.2. The molecular formula is C15H24N2O2. The number of rotatable bonds is 7. The van der Waals surface area contributed by atoms with Crippen LogP contribution in [0.15, 0.2) is 18.2 Å². The van der Waals surface area contributed by atoms with Crippen molar-refractivity contribution in [1.82, 2.24) is 5.32 Å². The van der Waals surface area contributed by atoms with Gasteiger partial charge in [-0.3, -0.25) is 4.79 Å². The Balaban J connectivity index is 2.74. The van der Waals surface area contributed by atoms with Gasteiger partial charge in [0, 0.05) is 24.9 Å². The van der Waals surface area contributed by atoms with Crippen molar-refractivity contribution in [2.45, 2.75) is 33.2 Å². The van der Waals surface area contributed by atoms with Crippen LogP contribution in [-0.4, -0.2) is 32.2 Å². The standard InChI is InChI=1S/C15H24N2O2/c1-5-13(10-19-4)17-15(18)12-7-8-14(16-6-2)11(3)9-12/h7-9,13,16H,5-6,10H2,1-4H3,(H,17,18). The van der Waals surface area contributed by atoms with Crippen molar-refractivity contribution >= 4 is 11.6 Å². The molecule has 0 aliphatic rings. The number of nitrogens with one attached hydrogen (secondary N) is 2. The highest BCUT2D eigenvalue weighted by atomic mass is 16.5. The summed E-state index contributed by atoms with van der Waals surface area (Å²) in [5.41, 5.74) is 2.84. The SMILES string of the molecule is CCNc1ccc(C(=O)NC(CC)COC)cc1C. The van der Waals surface area contributed by atoms with E-state index in [1.165, 1.54) is 0 Å². The maximum atomic E-state index is 12.1. The molecule has 1 amide bonds. The molecule has 4 nitrogen and oxygen atoms in total. The molecule has 1 rings (SSSR count). The van der Waals surface area contributed by atoms with Crippen LogP contribution in [0.3, 0.4) is 0 Å². The van der Waals surface area contributed by atoms with Gasteiger partial charge >= 0.3 is 0 Å². The van der Waals surface area contributed by atoms with Crippen LogP contribution in [0, 0.1) is 6.92 Å². The van der Waals surface area contributed by atoms with E-state index >= 15 is 0 Å². The quantitative estimate of drug-likeness (QED) is 0.796. The Hall–Kier alpha value is -1.55. The summed E-state index contributed by atoms with van der Waals surface area (Å²) in [6, 6.07) is 5.77. The summed E-state index contributed by atoms with van der Waals surface area (Å²) in [6.45, 7) is 7.50. The number of hydrogen-bond acceptors (Lipinski definition) is 3. The van der Waals surface area contributed by atoms with Crippen LogP contribution in [-0.2, 0) is 4.74 Å². The van der Waals surface area contributed by atoms with Crippen molar-refractivity contribution in [1.29, 1.82) is 0 Å². The van der Waals surface area contributed by atoms with Gasteiger partial charge in [0.25, 0.3) is 5.91 Å². The normalized spacial score (nSPS) is 12.0. The summed E-state index contributed by atoms with van der Waals surface area (Å²) in [5, 5.41) is 6.24. The number of aryl methyl sites for hydroxylation is 1. The summed E-state index contributed by atoms with van der Waals surface area (Å²) in [7, 11) is 1.64. The highest BCUT2D eigenvalue weighted by Gasteiger charge is 2.12. The number of methoxy groups -OCH3 is 1. The lowest BCUT2D eigenvalue weighted by molar-refractivity contribution is 0.0894. The maximum absolute atomic E-state index is 12.1. The lowest BCUT2D eigenvalue weighted by Crippen LogP contribution is -2.37. The molecule has 4 heteroatoms. The third kappa shape index (κ3) is 4.56. The van der Waals surface area contributed by atoms with Crippen LogP contribution < -0.4 is 10.6 Å². The first kappa shape index (κ1) is 15.5. The minimum atomic E-state index is -0.0463. The molecule has 0 heterocycles. The molecule has 0 saturated carbocycles. The minimum absolute atomic E-state index is 0.0463. The molecule has 1 aromatic carbocycles. The Labute approximate surface area is 115 Å². The second kappa shape index (κ2) is 7.79. The van der Waals surface area contributed by atoms with Gasteiger partial charge in [-0.05, 0) is 44.0 Å². The summed E-state index contributed by atoms with van der Waals surface area (Å²) in [5.74, 6) is -0.0463. The largest absolute Gasteiger partial charge is 0.385 e. The zero-order valence-corrected chi connectivity index (χ0v) is 12.2. The Morgan fingerprint density at radius 3 is 2.63 bits per heavy atom. The fourth-order valence-electron chi connectivity index (χ4n) is 1.93. The Morgan fingerprint density at radius 2 is 2.11 bits per heavy atom. The smallest absolute Gasteiger partial charge is 0.251 e. The predicted molar refractivity (Wildman–Crippen MR) is 78.8 cm³/mol. The molecule has 19 heavy (non-hydrogen) atoms. The van der Waals surface area contributed by atoms with E-state index in [2.05, 4.69) is 17.6 Å². The molecule has 106 valence electrons. The highest BCUT2D eigenvalue weighted by molar-refractivity contribution is 5.95. The number of amides is 1. The number of carbonyl (C=O) groups is 1. The second-order valence-electron chi connectivity index (χ2n) is 4.59. The first-order valence-electron chi connectivity index (χ1n) is 6.76. The summed E-state index contributed by atoms with van der Waals surface area (Å²) in [4.78, 5) is 12.1. The molecule has 0 fully saturated rings. The molecule has 0 radical (unpaired) electrons. The predicted octanol–water partition coefficient (Wildman–Crippen LogP) is 2.58. The summed E-state index contributed by atoms with van der Waals surface area (Å²) in [6.07, 6.45) is 0.855. The van der Waals surface area contributed by atoms with Crippen molar-refractivity contribution < 1.29 is 9.53 Å². The number of benzene rings is 1. The summed E-state index contributed by atoms with van der Waals surface area (Å²) < 4.78 is 5.08. The average Bonchev–Trinajstić information content (AvgIpc) is 2.40. The van der Waals surface area contributed by atoms with Gasteiger partial charge in [0.1, 0.15) is 0 Å². The Morgan fingerprint density at radius 1 is 1.37 bits per heavy atom. The van der Waals surface area contributed by atoms with E-state index in [-0.39, 0.29) is 11.9 Å². The molecule has 0 aliphatic heterocycles. The van der Waals surface area contributed by atoms with E-state index in [0.29, 0.717) is 12.2 Å². The lowest BCUT2D eigenvalue weighted by Gasteiger charge is -2.16. The van der Waals surface area contributed by atoms with Gasteiger partial charge in [-0.2, -0.15) is 0 Å². The minimum Gasteiger partial charge on any atom is -0.385 e. The van der Waals surface area contributed by atoms with E-state index in [1.54, 1.807) is 7.11 Å². The van der Waals surface area contributed by atoms with Crippen LogP contribution >= 0.6 is 0 Å². The van der Waals surface area contributed by atoms with Crippen molar-refractivity contribution in [2.24, 2.45) is 0 Å². The Bertz CT molecular complexity index is 419. The number of carbonyl (C=O) groups excluding carboxylic acids is 1. The van der Waals surface area contributed by atoms with E-state index in [0.717, 1.165) is 24.2 Å². The third-order valence-electron chi connectivity index (χ3n) is 3.05. The van der Waals surface area contributed by atoms with Crippen LogP contribution in [0.4, 0.5) is 5.69 Å². The topological polar surface area (TPSA) is 50.4 Å². The van der Waals surface area contributed by atoms with Crippen molar-refractivity contribution in [3.05, 3.63) is 29.3 Å². The van der Waals surface area contributed by atoms with E-state index in [9.17, 15) is 4.79 Å². The third-order valence-corrected chi connectivity index (χ3v) is 3.05. The van der Waals surface area contributed by atoms with Crippen LogP contribution in [0.1, 0.15) is 36.2 Å². The molecule has 0 aromatic heterocycles. The van der Waals surface area contributed by atoms with E-state index in [1.807, 2.05) is 32.0 Å². The average molecular weight is 264 g/mol. The second-order valence-corrected chi connectivity index (χ2v) is 4.59. The van der Waals surface area contributed by atoms with Crippen LogP contribution in [0.5, 0.6) is 0 Å². The maximum Gasteiger partial charge on any atom is 0.251 e. The highest BCUT2D eigenvalue weighted by Crippen LogP contribution is 2.16. The monoisotopic (exact) mass is 264 g/mol. The van der Waals surface area contributed by atoms with Gasteiger partial charge in [0.15, 0.2) is 0 Å². The van der Waals surface area contributed by atoms with E-state index in [4.69, 9.17) is 4.74 Å². The summed E-state index contributed by atoms with van der Waals surface area (Å²) >= 11 is 0. The molecule has 2 N–H and O–H groups in total. The van der Waals surface area contributed by atoms with E-state index < -0.39 is 0 Å². The number of hydrogen-bond donors (Lipinski definition) is 2. The molecule has 0 aliphatic carbocycles. The van der Waals surface area contributed by atoms with Gasteiger partial charge in [0.2, 0.25) is 0 Å². The first-order valence-corrected chi connectivity index (χ1v) is 6.76. The molecule has 0 bridgehead atoms. The molecule has 1 unspecified atom stereocenters. The number of ether oxygens (including phenoxy) is 1. The lowest BCUT2D eigenvalue weighted by atomic mass is 10.1. The van der Waals surface area contributed by atoms with Gasteiger partial charge in [-0.25, -0.2) is 0 Å². The van der Waals surface area contributed by atoms with Crippen molar-refractivity contribution in [3.8, 4) is 0 Å². The van der Waals surface area contributed by atoms with Crippen molar-refractivity contribution in [2.75, 3.05) is 25.6 Å². The molecule has 0 spiro atoms. The van der Waals surface area contributed by atoms with Gasteiger partial charge in [0.05, 0.1) is 12.6 Å². The Kier molecular flexibility index (Phi) is 6.36. The fraction of sp³-hybridized carbons (Fsp3) is 0.533. The fourth-order valence-corrected chi connectivity index (χ4v) is 1.93. The van der Waals surface area contributed by atoms with Crippen molar-refractivity contribution in [3.63, 3.8) is 0 Å². The molecule has 1 aromatic rings. The molecule has 0 saturated heterocycles. The zero-order chi connectivity index (χ0) is 14.3. The van der Waals surface area contributed by atoms with Gasteiger partial charge in [-0.15, -0.1) is 0 Å².